The van der Waals surface area contributed by atoms with E-state index >= 15 is 0 Å². The average molecular weight is 245 g/mol. The van der Waals surface area contributed by atoms with Crippen molar-refractivity contribution in [1.82, 2.24) is 14.6 Å². The Balaban J connectivity index is 2.46. The van der Waals surface area contributed by atoms with E-state index in [-0.39, 0.29) is 5.56 Å². The van der Waals surface area contributed by atoms with Crippen molar-refractivity contribution in [2.45, 2.75) is 13.8 Å². The van der Waals surface area contributed by atoms with Gasteiger partial charge in [0.2, 0.25) is 0 Å². The van der Waals surface area contributed by atoms with Crippen LogP contribution in [0.2, 0.25) is 0 Å². The maximum atomic E-state index is 11.8. The van der Waals surface area contributed by atoms with Crippen LogP contribution in [0.4, 0.5) is 0 Å². The Bertz CT molecular complexity index is 737. The van der Waals surface area contributed by atoms with Crippen LogP contribution in [0.5, 0.6) is 0 Å². The van der Waals surface area contributed by atoms with E-state index < -0.39 is 0 Å². The molecule has 3 aromatic heterocycles. The molecule has 5 heteroatoms. The molecule has 0 fully saturated rings. The Morgan fingerprint density at radius 3 is 2.94 bits per heavy atom. The van der Waals surface area contributed by atoms with Crippen LogP contribution in [0.3, 0.4) is 0 Å². The molecule has 0 spiro atoms. The van der Waals surface area contributed by atoms with Crippen LogP contribution in [-0.4, -0.2) is 14.6 Å². The van der Waals surface area contributed by atoms with Crippen molar-refractivity contribution in [2.24, 2.45) is 0 Å². The van der Waals surface area contributed by atoms with E-state index in [9.17, 15) is 4.79 Å². The minimum absolute atomic E-state index is 0.0709. The van der Waals surface area contributed by atoms with Gasteiger partial charge in [-0.2, -0.15) is 0 Å². The van der Waals surface area contributed by atoms with E-state index in [1.54, 1.807) is 11.3 Å². The van der Waals surface area contributed by atoms with E-state index in [0.29, 0.717) is 5.65 Å². The lowest BCUT2D eigenvalue weighted by Gasteiger charge is -1.97. The molecule has 0 aliphatic carbocycles. The molecule has 0 amide bonds. The number of thiophene rings is 1. The highest BCUT2D eigenvalue weighted by Gasteiger charge is 2.14. The largest absolute Gasteiger partial charge is 0.293 e. The summed E-state index contributed by atoms with van der Waals surface area (Å²) in [4.78, 5) is 17.4. The second-order valence-corrected chi connectivity index (χ2v) is 4.93. The minimum Gasteiger partial charge on any atom is -0.293 e. The van der Waals surface area contributed by atoms with E-state index in [0.717, 1.165) is 21.8 Å². The zero-order chi connectivity index (χ0) is 12.0. The van der Waals surface area contributed by atoms with Crippen molar-refractivity contribution in [1.29, 1.82) is 0 Å². The highest BCUT2D eigenvalue weighted by atomic mass is 32.1. The van der Waals surface area contributed by atoms with Crippen LogP contribution in [0.15, 0.2) is 28.4 Å². The Morgan fingerprint density at radius 2 is 2.24 bits per heavy atom. The van der Waals surface area contributed by atoms with Gasteiger partial charge in [-0.15, -0.1) is 11.3 Å². The summed E-state index contributed by atoms with van der Waals surface area (Å²) in [7, 11) is 0. The third-order valence-electron chi connectivity index (χ3n) is 2.69. The second-order valence-electron chi connectivity index (χ2n) is 3.98. The smallest absolute Gasteiger partial charge is 0.272 e. The Kier molecular flexibility index (Phi) is 2.16. The van der Waals surface area contributed by atoms with Gasteiger partial charge in [0.15, 0.2) is 5.65 Å². The molecule has 0 unspecified atom stereocenters. The zero-order valence-electron chi connectivity index (χ0n) is 9.52. The van der Waals surface area contributed by atoms with Gasteiger partial charge in [0.25, 0.3) is 5.56 Å². The number of rotatable bonds is 1. The van der Waals surface area contributed by atoms with Crippen LogP contribution in [0.1, 0.15) is 11.4 Å². The fraction of sp³-hybridized carbons (Fsp3) is 0.167. The van der Waals surface area contributed by atoms with Crippen molar-refractivity contribution in [3.63, 3.8) is 0 Å². The first-order chi connectivity index (χ1) is 8.16. The number of hydrogen-bond donors (Lipinski definition) is 1. The summed E-state index contributed by atoms with van der Waals surface area (Å²) >= 11 is 1.65. The van der Waals surface area contributed by atoms with Crippen LogP contribution >= 0.6 is 11.3 Å². The number of H-pyrrole nitrogens is 1. The van der Waals surface area contributed by atoms with Crippen molar-refractivity contribution in [3.05, 3.63) is 45.3 Å². The third-order valence-corrected chi connectivity index (χ3v) is 3.58. The summed E-state index contributed by atoms with van der Waals surface area (Å²) < 4.78 is 1.50. The summed E-state index contributed by atoms with van der Waals surface area (Å²) in [5, 5.41) is 5.08. The monoisotopic (exact) mass is 245 g/mol. The SMILES string of the molecule is Cc1cc(=O)n2[nH]c(C)c(-c3cccs3)c2n1. The molecule has 0 atom stereocenters. The highest BCUT2D eigenvalue weighted by Crippen LogP contribution is 2.30. The zero-order valence-corrected chi connectivity index (χ0v) is 10.3. The van der Waals surface area contributed by atoms with Gasteiger partial charge >= 0.3 is 0 Å². The maximum absolute atomic E-state index is 11.8. The van der Waals surface area contributed by atoms with E-state index in [1.165, 1.54) is 10.6 Å². The molecule has 0 bridgehead atoms. The van der Waals surface area contributed by atoms with Gasteiger partial charge in [0.05, 0.1) is 5.56 Å². The Hall–Kier alpha value is -1.88. The number of nitrogens with zero attached hydrogens (tertiary/aromatic N) is 2. The van der Waals surface area contributed by atoms with Gasteiger partial charge < -0.3 is 0 Å². The number of aromatic nitrogens is 3. The summed E-state index contributed by atoms with van der Waals surface area (Å²) in [6.45, 7) is 3.79. The van der Waals surface area contributed by atoms with Crippen LogP contribution in [-0.2, 0) is 0 Å². The Morgan fingerprint density at radius 1 is 1.41 bits per heavy atom. The first kappa shape index (κ1) is 10.3. The van der Waals surface area contributed by atoms with E-state index in [2.05, 4.69) is 10.1 Å². The molecule has 17 heavy (non-hydrogen) atoms. The van der Waals surface area contributed by atoms with Crippen LogP contribution in [0.25, 0.3) is 16.1 Å². The van der Waals surface area contributed by atoms with Gasteiger partial charge in [-0.05, 0) is 25.3 Å². The summed E-state index contributed by atoms with van der Waals surface area (Å²) in [5.74, 6) is 0. The maximum Gasteiger partial charge on any atom is 0.272 e. The molecule has 3 heterocycles. The molecule has 4 nitrogen and oxygen atoms in total. The molecule has 0 aromatic carbocycles. The molecule has 3 rings (SSSR count). The average Bonchev–Trinajstić information content (AvgIpc) is 2.84. The first-order valence-electron chi connectivity index (χ1n) is 5.29. The normalized spacial score (nSPS) is 11.2. The number of aryl methyl sites for hydroxylation is 2. The lowest BCUT2D eigenvalue weighted by atomic mass is 10.2. The summed E-state index contributed by atoms with van der Waals surface area (Å²) in [6, 6.07) is 5.56. The van der Waals surface area contributed by atoms with E-state index in [4.69, 9.17) is 0 Å². The highest BCUT2D eigenvalue weighted by molar-refractivity contribution is 7.13. The summed E-state index contributed by atoms with van der Waals surface area (Å²) in [6.07, 6.45) is 0. The van der Waals surface area contributed by atoms with Crippen molar-refractivity contribution in [2.75, 3.05) is 0 Å². The molecule has 0 radical (unpaired) electrons. The number of fused-ring (bicyclic) bond motifs is 1. The van der Waals surface area contributed by atoms with Gasteiger partial charge in [0.1, 0.15) is 0 Å². The number of nitrogens with one attached hydrogen (secondary N) is 1. The Labute approximate surface area is 102 Å². The standard InChI is InChI=1S/C12H11N3OS/c1-7-6-10(16)15-12(13-7)11(8(2)14-15)9-4-3-5-17-9/h3-6,14H,1-2H3. The fourth-order valence-corrected chi connectivity index (χ4v) is 2.80. The molecular formula is C12H11N3OS. The molecule has 0 saturated heterocycles. The van der Waals surface area contributed by atoms with Crippen molar-refractivity contribution in [3.8, 4) is 10.4 Å². The molecule has 0 saturated carbocycles. The lowest BCUT2D eigenvalue weighted by molar-refractivity contribution is 0.873. The minimum atomic E-state index is -0.0709. The predicted molar refractivity (Wildman–Crippen MR) is 68.6 cm³/mol. The molecule has 0 aliphatic heterocycles. The molecule has 0 aliphatic rings. The molecule has 1 N–H and O–H groups in total. The summed E-state index contributed by atoms with van der Waals surface area (Å²) in [5.41, 5.74) is 3.35. The third kappa shape index (κ3) is 1.51. The second kappa shape index (κ2) is 3.56. The topological polar surface area (TPSA) is 50.2 Å². The van der Waals surface area contributed by atoms with Gasteiger partial charge in [-0.25, -0.2) is 9.50 Å². The molecule has 3 aromatic rings. The number of hydrogen-bond acceptors (Lipinski definition) is 3. The van der Waals surface area contributed by atoms with E-state index in [1.807, 2.05) is 31.4 Å². The van der Waals surface area contributed by atoms with Gasteiger partial charge in [-0.3, -0.25) is 9.89 Å². The quantitative estimate of drug-likeness (QED) is 0.715. The number of aromatic amines is 1. The predicted octanol–water partition coefficient (Wildman–Crippen LogP) is 2.37. The van der Waals surface area contributed by atoms with Crippen molar-refractivity contribution < 1.29 is 0 Å². The first-order valence-corrected chi connectivity index (χ1v) is 6.17. The van der Waals surface area contributed by atoms with Gasteiger partial charge in [-0.1, -0.05) is 6.07 Å². The van der Waals surface area contributed by atoms with Crippen molar-refractivity contribution >= 4 is 17.0 Å². The van der Waals surface area contributed by atoms with Crippen LogP contribution in [0, 0.1) is 13.8 Å². The fourth-order valence-electron chi connectivity index (χ4n) is 1.98. The lowest BCUT2D eigenvalue weighted by Crippen LogP contribution is -2.14. The van der Waals surface area contributed by atoms with Crippen LogP contribution < -0.4 is 5.56 Å². The molecule has 86 valence electrons. The van der Waals surface area contributed by atoms with Gasteiger partial charge in [0, 0.05) is 22.3 Å². The molecular weight excluding hydrogens is 234 g/mol.